The minimum absolute atomic E-state index is 0.0437. The van der Waals surface area contributed by atoms with Crippen LogP contribution in [0, 0.1) is 0 Å². The third-order valence-corrected chi connectivity index (χ3v) is 3.78. The first-order valence-corrected chi connectivity index (χ1v) is 7.28. The summed E-state index contributed by atoms with van der Waals surface area (Å²) in [5, 5.41) is 13.7. The number of amides is 1. The number of carbonyl (C=O) groups excluding carboxylic acids is 1. The van der Waals surface area contributed by atoms with Crippen LogP contribution in [0.2, 0.25) is 15.1 Å². The summed E-state index contributed by atoms with van der Waals surface area (Å²) in [7, 11) is 0. The zero-order valence-corrected chi connectivity index (χ0v) is 13.1. The van der Waals surface area contributed by atoms with Gasteiger partial charge in [0.1, 0.15) is 0 Å². The molecule has 3 nitrogen and oxygen atoms in total. The molecule has 1 atom stereocenters. The van der Waals surface area contributed by atoms with Gasteiger partial charge in [-0.1, -0.05) is 53.0 Å². The van der Waals surface area contributed by atoms with Crippen molar-refractivity contribution in [3.8, 4) is 0 Å². The van der Waals surface area contributed by atoms with E-state index in [1.165, 1.54) is 0 Å². The number of nitrogens with one attached hydrogen (secondary N) is 1. The second-order valence-corrected chi connectivity index (χ2v) is 5.62. The van der Waals surface area contributed by atoms with Crippen LogP contribution in [0.5, 0.6) is 0 Å². The average molecular weight is 345 g/mol. The molecule has 0 aromatic heterocycles. The molecule has 0 aliphatic rings. The van der Waals surface area contributed by atoms with Crippen molar-refractivity contribution in [2.45, 2.75) is 6.10 Å². The molecule has 21 heavy (non-hydrogen) atoms. The van der Waals surface area contributed by atoms with Gasteiger partial charge < -0.3 is 10.4 Å². The molecule has 2 rings (SSSR count). The summed E-state index contributed by atoms with van der Waals surface area (Å²) < 4.78 is 0. The summed E-state index contributed by atoms with van der Waals surface area (Å²) in [6.45, 7) is 0.0437. The van der Waals surface area contributed by atoms with E-state index in [1.54, 1.807) is 42.5 Å². The lowest BCUT2D eigenvalue weighted by atomic mass is 10.1. The smallest absolute Gasteiger partial charge is 0.254 e. The highest BCUT2D eigenvalue weighted by atomic mass is 35.5. The number of aliphatic hydroxyl groups excluding tert-OH is 1. The van der Waals surface area contributed by atoms with Gasteiger partial charge in [-0.2, -0.15) is 0 Å². The van der Waals surface area contributed by atoms with Crippen LogP contribution in [0.3, 0.4) is 0 Å². The first-order valence-electron chi connectivity index (χ1n) is 6.15. The molecule has 0 aliphatic heterocycles. The third-order valence-electron chi connectivity index (χ3n) is 2.90. The van der Waals surface area contributed by atoms with Crippen LogP contribution < -0.4 is 5.32 Å². The Kier molecular flexibility index (Phi) is 5.48. The van der Waals surface area contributed by atoms with Crippen molar-refractivity contribution in [1.29, 1.82) is 0 Å². The summed E-state index contributed by atoms with van der Waals surface area (Å²) in [5.74, 6) is -0.432. The highest BCUT2D eigenvalue weighted by molar-refractivity contribution is 6.39. The van der Waals surface area contributed by atoms with Crippen LogP contribution in [0.1, 0.15) is 22.0 Å². The quantitative estimate of drug-likeness (QED) is 0.877. The molecule has 0 saturated carbocycles. The average Bonchev–Trinajstić information content (AvgIpc) is 2.45. The van der Waals surface area contributed by atoms with E-state index >= 15 is 0 Å². The predicted molar refractivity (Wildman–Crippen MR) is 85.2 cm³/mol. The van der Waals surface area contributed by atoms with Gasteiger partial charge in [0.05, 0.1) is 21.7 Å². The zero-order chi connectivity index (χ0) is 15.4. The highest BCUT2D eigenvalue weighted by Gasteiger charge is 2.16. The molecule has 0 saturated heterocycles. The molecule has 2 aromatic carbocycles. The molecule has 110 valence electrons. The number of hydrogen-bond donors (Lipinski definition) is 2. The number of hydrogen-bond acceptors (Lipinski definition) is 2. The van der Waals surface area contributed by atoms with E-state index in [2.05, 4.69) is 5.32 Å². The van der Waals surface area contributed by atoms with Crippen LogP contribution in [0.25, 0.3) is 0 Å². The van der Waals surface area contributed by atoms with E-state index in [-0.39, 0.29) is 22.2 Å². The molecule has 2 aromatic rings. The van der Waals surface area contributed by atoms with Gasteiger partial charge in [-0.3, -0.25) is 4.79 Å². The molecule has 6 heteroatoms. The van der Waals surface area contributed by atoms with Crippen molar-refractivity contribution >= 4 is 40.7 Å². The Balaban J connectivity index is 2.02. The summed E-state index contributed by atoms with van der Waals surface area (Å²) in [5.41, 5.74) is 0.856. The van der Waals surface area contributed by atoms with Crippen LogP contribution >= 0.6 is 34.8 Å². The number of carbonyl (C=O) groups is 1. The van der Waals surface area contributed by atoms with Gasteiger partial charge in [-0.25, -0.2) is 0 Å². The van der Waals surface area contributed by atoms with Crippen LogP contribution in [-0.4, -0.2) is 17.6 Å². The SMILES string of the molecule is O=C(NCC(O)c1ccc(Cl)cc1)c1c(Cl)cccc1Cl. The number of halogens is 3. The molecule has 0 radical (unpaired) electrons. The first kappa shape index (κ1) is 16.1. The number of rotatable bonds is 4. The molecule has 1 amide bonds. The lowest BCUT2D eigenvalue weighted by Gasteiger charge is -2.13. The largest absolute Gasteiger partial charge is 0.387 e. The molecular formula is C15H12Cl3NO2. The normalized spacial score (nSPS) is 12.0. The lowest BCUT2D eigenvalue weighted by molar-refractivity contribution is 0.0916. The fourth-order valence-electron chi connectivity index (χ4n) is 1.80. The van der Waals surface area contributed by atoms with Gasteiger partial charge in [0.15, 0.2) is 0 Å². The van der Waals surface area contributed by atoms with E-state index in [0.29, 0.717) is 10.6 Å². The Morgan fingerprint density at radius 1 is 1.05 bits per heavy atom. The molecule has 0 heterocycles. The highest BCUT2D eigenvalue weighted by Crippen LogP contribution is 2.24. The molecule has 0 bridgehead atoms. The molecule has 0 spiro atoms. The van der Waals surface area contributed by atoms with Crippen molar-refractivity contribution in [1.82, 2.24) is 5.32 Å². The summed E-state index contributed by atoms with van der Waals surface area (Å²) in [6.07, 6.45) is -0.840. The van der Waals surface area contributed by atoms with Gasteiger partial charge in [0, 0.05) is 11.6 Å². The van der Waals surface area contributed by atoms with E-state index in [4.69, 9.17) is 34.8 Å². The number of aliphatic hydroxyl groups is 1. The van der Waals surface area contributed by atoms with E-state index in [9.17, 15) is 9.90 Å². The zero-order valence-electron chi connectivity index (χ0n) is 10.8. The second kappa shape index (κ2) is 7.14. The van der Waals surface area contributed by atoms with Crippen molar-refractivity contribution in [2.75, 3.05) is 6.54 Å². The standard InChI is InChI=1S/C15H12Cl3NO2/c16-10-6-4-9(5-7-10)13(20)8-19-15(21)14-11(17)2-1-3-12(14)18/h1-7,13,20H,8H2,(H,19,21). The second-order valence-electron chi connectivity index (χ2n) is 4.37. The van der Waals surface area contributed by atoms with Crippen molar-refractivity contribution in [3.63, 3.8) is 0 Å². The molecule has 2 N–H and O–H groups in total. The topological polar surface area (TPSA) is 49.3 Å². The molecule has 0 fully saturated rings. The van der Waals surface area contributed by atoms with Gasteiger partial charge in [-0.05, 0) is 29.8 Å². The Bertz CT molecular complexity index is 624. The van der Waals surface area contributed by atoms with Gasteiger partial charge in [-0.15, -0.1) is 0 Å². The summed E-state index contributed by atoms with van der Waals surface area (Å²) >= 11 is 17.7. The third kappa shape index (κ3) is 4.11. The maximum Gasteiger partial charge on any atom is 0.254 e. The van der Waals surface area contributed by atoms with Crippen LogP contribution in [0.15, 0.2) is 42.5 Å². The Morgan fingerprint density at radius 2 is 1.62 bits per heavy atom. The summed E-state index contributed by atoms with van der Waals surface area (Å²) in [4.78, 5) is 12.1. The van der Waals surface area contributed by atoms with Crippen molar-refractivity contribution in [2.24, 2.45) is 0 Å². The van der Waals surface area contributed by atoms with Crippen molar-refractivity contribution in [3.05, 3.63) is 68.7 Å². The first-order chi connectivity index (χ1) is 9.99. The van der Waals surface area contributed by atoms with E-state index < -0.39 is 12.0 Å². The van der Waals surface area contributed by atoms with Gasteiger partial charge in [0.25, 0.3) is 5.91 Å². The Hall–Kier alpha value is -1.26. The predicted octanol–water partition coefficient (Wildman–Crippen LogP) is 4.11. The maximum absolute atomic E-state index is 12.1. The van der Waals surface area contributed by atoms with Gasteiger partial charge >= 0.3 is 0 Å². The fourth-order valence-corrected chi connectivity index (χ4v) is 2.49. The lowest BCUT2D eigenvalue weighted by Crippen LogP contribution is -2.28. The van der Waals surface area contributed by atoms with E-state index in [0.717, 1.165) is 0 Å². The van der Waals surface area contributed by atoms with Crippen LogP contribution in [-0.2, 0) is 0 Å². The Morgan fingerprint density at radius 3 is 2.19 bits per heavy atom. The van der Waals surface area contributed by atoms with E-state index in [1.807, 2.05) is 0 Å². The summed E-state index contributed by atoms with van der Waals surface area (Å²) in [6, 6.07) is 11.6. The van der Waals surface area contributed by atoms with Gasteiger partial charge in [0.2, 0.25) is 0 Å². The minimum Gasteiger partial charge on any atom is -0.387 e. The molecule has 1 unspecified atom stereocenters. The maximum atomic E-state index is 12.1. The van der Waals surface area contributed by atoms with Crippen molar-refractivity contribution < 1.29 is 9.90 Å². The number of benzene rings is 2. The monoisotopic (exact) mass is 343 g/mol. The molecule has 0 aliphatic carbocycles. The molecular weight excluding hydrogens is 333 g/mol. The Labute approximate surface area is 137 Å². The minimum atomic E-state index is -0.840. The fraction of sp³-hybridized carbons (Fsp3) is 0.133. The van der Waals surface area contributed by atoms with Crippen LogP contribution in [0.4, 0.5) is 0 Å².